The van der Waals surface area contributed by atoms with Crippen LogP contribution in [0.1, 0.15) is 0 Å². The van der Waals surface area contributed by atoms with E-state index in [2.05, 4.69) is 15.1 Å². The number of para-hydroxylation sites is 1. The lowest BCUT2D eigenvalue weighted by Gasteiger charge is -2.24. The molecule has 0 unspecified atom stereocenters. The van der Waals surface area contributed by atoms with Crippen LogP contribution in [-0.4, -0.2) is 52.0 Å². The van der Waals surface area contributed by atoms with E-state index in [4.69, 9.17) is 4.74 Å². The van der Waals surface area contributed by atoms with Crippen molar-refractivity contribution in [2.75, 3.05) is 31.2 Å². The number of hydrogen-bond acceptors (Lipinski definition) is 5. The van der Waals surface area contributed by atoms with Gasteiger partial charge in [-0.2, -0.15) is 5.10 Å². The minimum Gasteiger partial charge on any atom is -0.373 e. The molecule has 1 aliphatic heterocycles. The zero-order valence-electron chi connectivity index (χ0n) is 13.1. The third-order valence-electron chi connectivity index (χ3n) is 3.97. The first-order chi connectivity index (χ1) is 12.1. The summed E-state index contributed by atoms with van der Waals surface area (Å²) in [6, 6.07) is 6.14. The smallest absolute Gasteiger partial charge is 0.288 e. The van der Waals surface area contributed by atoms with E-state index in [0.29, 0.717) is 16.9 Å². The first kappa shape index (κ1) is 15.8. The summed E-state index contributed by atoms with van der Waals surface area (Å²) in [4.78, 5) is 9.75. The highest BCUT2D eigenvalue weighted by Crippen LogP contribution is 2.28. The molecule has 2 aromatic heterocycles. The van der Waals surface area contributed by atoms with Gasteiger partial charge < -0.3 is 9.64 Å². The number of ether oxygens (including phenoxy) is 1. The maximum Gasteiger partial charge on any atom is 0.288 e. The molecule has 0 atom stereocenters. The molecule has 25 heavy (non-hydrogen) atoms. The van der Waals surface area contributed by atoms with Crippen molar-refractivity contribution in [2.24, 2.45) is 0 Å². The number of benzene rings is 1. The van der Waals surface area contributed by atoms with Gasteiger partial charge in [-0.05, 0) is 12.1 Å². The number of alkyl halides is 2. The number of aromatic nitrogens is 4. The number of anilines is 1. The summed E-state index contributed by atoms with van der Waals surface area (Å²) >= 11 is 0. The van der Waals surface area contributed by atoms with Gasteiger partial charge in [0.25, 0.3) is 5.92 Å². The van der Waals surface area contributed by atoms with E-state index in [1.807, 2.05) is 0 Å². The van der Waals surface area contributed by atoms with Gasteiger partial charge in [-0.25, -0.2) is 27.8 Å². The van der Waals surface area contributed by atoms with Crippen LogP contribution < -0.4 is 4.90 Å². The molecule has 0 amide bonds. The largest absolute Gasteiger partial charge is 0.373 e. The summed E-state index contributed by atoms with van der Waals surface area (Å²) in [6.07, 6.45) is 2.72. The van der Waals surface area contributed by atoms with Crippen molar-refractivity contribution in [3.8, 4) is 5.69 Å². The lowest BCUT2D eigenvalue weighted by molar-refractivity contribution is -0.0563. The summed E-state index contributed by atoms with van der Waals surface area (Å²) < 4.78 is 48.0. The Morgan fingerprint density at radius 2 is 2.00 bits per heavy atom. The highest BCUT2D eigenvalue weighted by atomic mass is 19.3. The van der Waals surface area contributed by atoms with Gasteiger partial charge in [-0.3, -0.25) is 0 Å². The lowest BCUT2D eigenvalue weighted by atomic mass is 10.3. The van der Waals surface area contributed by atoms with Gasteiger partial charge in [0.2, 0.25) is 0 Å². The van der Waals surface area contributed by atoms with Gasteiger partial charge >= 0.3 is 0 Å². The molecule has 1 aliphatic rings. The maximum absolute atomic E-state index is 14.1. The second kappa shape index (κ2) is 5.99. The Morgan fingerprint density at radius 3 is 2.84 bits per heavy atom. The number of nitrogens with zero attached hydrogens (tertiary/aromatic N) is 5. The third-order valence-corrected chi connectivity index (χ3v) is 3.97. The van der Waals surface area contributed by atoms with Gasteiger partial charge in [-0.1, -0.05) is 12.1 Å². The Labute approximate surface area is 140 Å². The van der Waals surface area contributed by atoms with Crippen molar-refractivity contribution in [1.82, 2.24) is 19.7 Å². The summed E-state index contributed by atoms with van der Waals surface area (Å²) in [7, 11) is 0. The van der Waals surface area contributed by atoms with E-state index in [1.165, 1.54) is 28.2 Å². The first-order valence-corrected chi connectivity index (χ1v) is 7.69. The molecule has 0 N–H and O–H groups in total. The Morgan fingerprint density at radius 1 is 1.16 bits per heavy atom. The third kappa shape index (κ3) is 2.91. The number of fused-ring (bicyclic) bond motifs is 1. The fourth-order valence-electron chi connectivity index (χ4n) is 2.86. The average Bonchev–Trinajstić information content (AvgIpc) is 2.93. The van der Waals surface area contributed by atoms with E-state index in [1.54, 1.807) is 18.2 Å². The van der Waals surface area contributed by atoms with Crippen molar-refractivity contribution in [2.45, 2.75) is 5.92 Å². The van der Waals surface area contributed by atoms with Gasteiger partial charge in [0.05, 0.1) is 24.7 Å². The molecule has 6 nitrogen and oxygen atoms in total. The van der Waals surface area contributed by atoms with E-state index in [0.717, 1.165) is 0 Å². The molecule has 3 aromatic rings. The molecular formula is C16H14F3N5O. The van der Waals surface area contributed by atoms with Crippen LogP contribution in [0.2, 0.25) is 0 Å². The predicted molar refractivity (Wildman–Crippen MR) is 84.6 cm³/mol. The molecule has 9 heteroatoms. The number of rotatable bonds is 2. The molecule has 1 saturated heterocycles. The van der Waals surface area contributed by atoms with Crippen LogP contribution in [0, 0.1) is 5.82 Å². The molecule has 3 heterocycles. The van der Waals surface area contributed by atoms with Gasteiger partial charge in [0, 0.05) is 6.54 Å². The Kier molecular flexibility index (Phi) is 3.79. The highest BCUT2D eigenvalue weighted by Gasteiger charge is 2.35. The Bertz CT molecular complexity index is 914. The SMILES string of the molecule is Fc1ccccc1-n1ncc2c(N3CCOCC(F)(F)C3)ncnc21. The van der Waals surface area contributed by atoms with Gasteiger partial charge in [0.1, 0.15) is 30.3 Å². The lowest BCUT2D eigenvalue weighted by Crippen LogP contribution is -2.38. The molecule has 4 rings (SSSR count). The van der Waals surface area contributed by atoms with Crippen LogP contribution in [0.4, 0.5) is 19.0 Å². The minimum atomic E-state index is -2.98. The molecule has 1 fully saturated rings. The van der Waals surface area contributed by atoms with Crippen molar-refractivity contribution in [3.63, 3.8) is 0 Å². The predicted octanol–water partition coefficient (Wildman–Crippen LogP) is 2.43. The molecule has 0 bridgehead atoms. The quantitative estimate of drug-likeness (QED) is 0.711. The zero-order valence-corrected chi connectivity index (χ0v) is 13.1. The summed E-state index contributed by atoms with van der Waals surface area (Å²) in [5.41, 5.74) is 0.579. The zero-order chi connectivity index (χ0) is 17.4. The average molecular weight is 349 g/mol. The molecule has 0 saturated carbocycles. The fourth-order valence-corrected chi connectivity index (χ4v) is 2.86. The standard InChI is InChI=1S/C16H14F3N5O/c17-12-3-1-2-4-13(12)24-15-11(7-22-24)14(20-10-21-15)23-5-6-25-9-16(18,19)8-23/h1-4,7,10H,5-6,8-9H2. The second-order valence-electron chi connectivity index (χ2n) is 5.77. The van der Waals surface area contributed by atoms with Crippen molar-refractivity contribution >= 4 is 16.9 Å². The van der Waals surface area contributed by atoms with Crippen molar-refractivity contribution in [3.05, 3.63) is 42.6 Å². The van der Waals surface area contributed by atoms with Crippen molar-refractivity contribution < 1.29 is 17.9 Å². The second-order valence-corrected chi connectivity index (χ2v) is 5.77. The monoisotopic (exact) mass is 349 g/mol. The fraction of sp³-hybridized carbons (Fsp3) is 0.312. The number of hydrogen-bond donors (Lipinski definition) is 0. The van der Waals surface area contributed by atoms with Crippen LogP contribution in [0.25, 0.3) is 16.7 Å². The summed E-state index contributed by atoms with van der Waals surface area (Å²) in [5.74, 6) is -3.10. The van der Waals surface area contributed by atoms with Crippen LogP contribution in [0.15, 0.2) is 36.8 Å². The van der Waals surface area contributed by atoms with E-state index in [9.17, 15) is 13.2 Å². The van der Waals surface area contributed by atoms with Crippen molar-refractivity contribution in [1.29, 1.82) is 0 Å². The van der Waals surface area contributed by atoms with Gasteiger partial charge in [0.15, 0.2) is 5.65 Å². The van der Waals surface area contributed by atoms with Crippen LogP contribution in [-0.2, 0) is 4.74 Å². The maximum atomic E-state index is 14.1. The summed E-state index contributed by atoms with van der Waals surface area (Å²) in [6.45, 7) is -0.689. The van der Waals surface area contributed by atoms with E-state index >= 15 is 0 Å². The van der Waals surface area contributed by atoms with Gasteiger partial charge in [-0.15, -0.1) is 0 Å². The summed E-state index contributed by atoms with van der Waals surface area (Å²) in [5, 5.41) is 4.65. The van der Waals surface area contributed by atoms with E-state index < -0.39 is 24.9 Å². The molecule has 1 aromatic carbocycles. The molecule has 0 radical (unpaired) electrons. The van der Waals surface area contributed by atoms with Crippen LogP contribution >= 0.6 is 0 Å². The molecule has 0 spiro atoms. The Balaban J connectivity index is 1.81. The molecule has 130 valence electrons. The topological polar surface area (TPSA) is 56.1 Å². The highest BCUT2D eigenvalue weighted by molar-refractivity contribution is 5.87. The molecular weight excluding hydrogens is 335 g/mol. The van der Waals surface area contributed by atoms with Crippen LogP contribution in [0.5, 0.6) is 0 Å². The minimum absolute atomic E-state index is 0.169. The van der Waals surface area contributed by atoms with E-state index in [-0.39, 0.29) is 18.8 Å². The van der Waals surface area contributed by atoms with Crippen LogP contribution in [0.3, 0.4) is 0 Å². The number of halogens is 3. The normalized spacial score (nSPS) is 17.6. The Hall–Kier alpha value is -2.68. The first-order valence-electron chi connectivity index (χ1n) is 7.69. The molecule has 0 aliphatic carbocycles.